The van der Waals surface area contributed by atoms with Crippen LogP contribution in [0.4, 0.5) is 16.0 Å². The van der Waals surface area contributed by atoms with Crippen LogP contribution in [0.3, 0.4) is 0 Å². The maximum Gasteiger partial charge on any atom is 0.134 e. The molecule has 0 aliphatic carbocycles. The number of rotatable bonds is 6. The molecule has 3 heterocycles. The highest BCUT2D eigenvalue weighted by atomic mass is 19.1. The molecular formula is C22H30FN5O. The Balaban J connectivity index is 1.30. The first-order valence-corrected chi connectivity index (χ1v) is 10.6. The number of aliphatic hydroxyl groups excluding tert-OH is 1. The van der Waals surface area contributed by atoms with Gasteiger partial charge in [0.25, 0.3) is 0 Å². The van der Waals surface area contributed by atoms with Crippen molar-refractivity contribution in [2.45, 2.75) is 38.3 Å². The SMILES string of the molecule is OCC1CCCN(c2cc(NC3CCN(Cc4ccccc4F)CC3)ncn2)C1. The van der Waals surface area contributed by atoms with Crippen LogP contribution < -0.4 is 10.2 Å². The molecule has 2 aliphatic rings. The van der Waals surface area contributed by atoms with E-state index in [1.165, 1.54) is 6.07 Å². The zero-order valence-electron chi connectivity index (χ0n) is 16.8. The Morgan fingerprint density at radius 2 is 1.93 bits per heavy atom. The van der Waals surface area contributed by atoms with Crippen molar-refractivity contribution in [2.24, 2.45) is 5.92 Å². The van der Waals surface area contributed by atoms with Crippen molar-refractivity contribution in [3.05, 3.63) is 48.0 Å². The van der Waals surface area contributed by atoms with E-state index >= 15 is 0 Å². The van der Waals surface area contributed by atoms with E-state index in [0.717, 1.165) is 69.1 Å². The Labute approximate surface area is 171 Å². The molecule has 2 saturated heterocycles. The molecule has 4 rings (SSSR count). The lowest BCUT2D eigenvalue weighted by atomic mass is 9.99. The fraction of sp³-hybridized carbons (Fsp3) is 0.545. The molecule has 7 heteroatoms. The molecule has 29 heavy (non-hydrogen) atoms. The van der Waals surface area contributed by atoms with Crippen molar-refractivity contribution < 1.29 is 9.50 Å². The van der Waals surface area contributed by atoms with E-state index in [2.05, 4.69) is 25.1 Å². The predicted molar refractivity (Wildman–Crippen MR) is 112 cm³/mol. The third kappa shape index (κ3) is 5.22. The van der Waals surface area contributed by atoms with Crippen molar-refractivity contribution in [3.8, 4) is 0 Å². The second-order valence-corrected chi connectivity index (χ2v) is 8.18. The van der Waals surface area contributed by atoms with Gasteiger partial charge < -0.3 is 15.3 Å². The van der Waals surface area contributed by atoms with Crippen molar-refractivity contribution in [1.82, 2.24) is 14.9 Å². The summed E-state index contributed by atoms with van der Waals surface area (Å²) in [5.74, 6) is 1.99. The van der Waals surface area contributed by atoms with Crippen LogP contribution in [0.25, 0.3) is 0 Å². The summed E-state index contributed by atoms with van der Waals surface area (Å²) in [5, 5.41) is 13.0. The van der Waals surface area contributed by atoms with Crippen molar-refractivity contribution in [1.29, 1.82) is 0 Å². The largest absolute Gasteiger partial charge is 0.396 e. The first kappa shape index (κ1) is 20.0. The van der Waals surface area contributed by atoms with E-state index in [0.29, 0.717) is 18.5 Å². The molecule has 0 saturated carbocycles. The monoisotopic (exact) mass is 399 g/mol. The summed E-state index contributed by atoms with van der Waals surface area (Å²) in [6.07, 6.45) is 5.79. The molecule has 0 radical (unpaired) electrons. The molecule has 0 spiro atoms. The van der Waals surface area contributed by atoms with Gasteiger partial charge in [-0.25, -0.2) is 14.4 Å². The topological polar surface area (TPSA) is 64.5 Å². The Bertz CT molecular complexity index is 796. The van der Waals surface area contributed by atoms with Gasteiger partial charge in [-0.05, 0) is 37.7 Å². The predicted octanol–water partition coefficient (Wildman–Crippen LogP) is 2.90. The number of nitrogens with zero attached hydrogens (tertiary/aromatic N) is 4. The van der Waals surface area contributed by atoms with Crippen LogP contribution in [-0.4, -0.2) is 58.8 Å². The van der Waals surface area contributed by atoms with Gasteiger partial charge in [-0.1, -0.05) is 18.2 Å². The Morgan fingerprint density at radius 1 is 1.10 bits per heavy atom. The van der Waals surface area contributed by atoms with Crippen LogP contribution in [0.5, 0.6) is 0 Å². The summed E-state index contributed by atoms with van der Waals surface area (Å²) in [6.45, 7) is 4.60. The third-order valence-electron chi connectivity index (χ3n) is 6.05. The maximum atomic E-state index is 13.9. The van der Waals surface area contributed by atoms with Gasteiger partial charge in [0, 0.05) is 57.0 Å². The number of anilines is 2. The molecule has 1 unspecified atom stereocenters. The van der Waals surface area contributed by atoms with Gasteiger partial charge in [0.05, 0.1) is 0 Å². The van der Waals surface area contributed by atoms with Gasteiger partial charge in [0.2, 0.25) is 0 Å². The van der Waals surface area contributed by atoms with Crippen molar-refractivity contribution >= 4 is 11.6 Å². The van der Waals surface area contributed by atoms with Crippen molar-refractivity contribution in [3.63, 3.8) is 0 Å². The van der Waals surface area contributed by atoms with Crippen LogP contribution in [0.1, 0.15) is 31.2 Å². The van der Waals surface area contributed by atoms with Gasteiger partial charge >= 0.3 is 0 Å². The highest BCUT2D eigenvalue weighted by Crippen LogP contribution is 2.24. The fourth-order valence-corrected chi connectivity index (χ4v) is 4.33. The lowest BCUT2D eigenvalue weighted by molar-refractivity contribution is 0.208. The normalized spacial score (nSPS) is 21.3. The second-order valence-electron chi connectivity index (χ2n) is 8.18. The molecule has 2 aromatic rings. The van der Waals surface area contributed by atoms with Gasteiger partial charge in [-0.2, -0.15) is 0 Å². The number of aromatic nitrogens is 2. The lowest BCUT2D eigenvalue weighted by Gasteiger charge is -2.34. The van der Waals surface area contributed by atoms with Gasteiger partial charge in [-0.3, -0.25) is 4.90 Å². The van der Waals surface area contributed by atoms with E-state index < -0.39 is 0 Å². The number of aliphatic hydroxyl groups is 1. The summed E-state index contributed by atoms with van der Waals surface area (Å²) >= 11 is 0. The average molecular weight is 400 g/mol. The molecular weight excluding hydrogens is 369 g/mol. The van der Waals surface area contributed by atoms with E-state index in [9.17, 15) is 9.50 Å². The van der Waals surface area contributed by atoms with Crippen LogP contribution in [0.15, 0.2) is 36.7 Å². The summed E-state index contributed by atoms with van der Waals surface area (Å²) in [6, 6.07) is 9.40. The maximum absolute atomic E-state index is 13.9. The molecule has 1 aromatic heterocycles. The minimum atomic E-state index is -0.123. The summed E-state index contributed by atoms with van der Waals surface area (Å²) in [5.41, 5.74) is 0.766. The van der Waals surface area contributed by atoms with E-state index in [-0.39, 0.29) is 12.4 Å². The third-order valence-corrected chi connectivity index (χ3v) is 6.05. The van der Waals surface area contributed by atoms with E-state index in [4.69, 9.17) is 0 Å². The van der Waals surface area contributed by atoms with Crippen LogP contribution in [0.2, 0.25) is 0 Å². The van der Waals surface area contributed by atoms with E-state index in [1.807, 2.05) is 18.2 Å². The molecule has 0 bridgehead atoms. The molecule has 1 aromatic carbocycles. The molecule has 1 atom stereocenters. The number of nitrogens with one attached hydrogen (secondary N) is 1. The van der Waals surface area contributed by atoms with Crippen molar-refractivity contribution in [2.75, 3.05) is 43.0 Å². The minimum absolute atomic E-state index is 0.123. The summed E-state index contributed by atoms with van der Waals surface area (Å²) in [4.78, 5) is 13.4. The smallest absolute Gasteiger partial charge is 0.134 e. The zero-order chi connectivity index (χ0) is 20.1. The number of hydrogen-bond acceptors (Lipinski definition) is 6. The lowest BCUT2D eigenvalue weighted by Crippen LogP contribution is -2.39. The van der Waals surface area contributed by atoms with E-state index in [1.54, 1.807) is 12.4 Å². The number of hydrogen-bond donors (Lipinski definition) is 2. The van der Waals surface area contributed by atoms with Crippen LogP contribution in [-0.2, 0) is 6.54 Å². The fourth-order valence-electron chi connectivity index (χ4n) is 4.33. The zero-order valence-corrected chi connectivity index (χ0v) is 16.8. The summed E-state index contributed by atoms with van der Waals surface area (Å²) < 4.78 is 13.9. The molecule has 0 amide bonds. The molecule has 156 valence electrons. The molecule has 2 aliphatic heterocycles. The quantitative estimate of drug-likeness (QED) is 0.779. The van der Waals surface area contributed by atoms with Crippen LogP contribution in [0, 0.1) is 11.7 Å². The van der Waals surface area contributed by atoms with Crippen LogP contribution >= 0.6 is 0 Å². The average Bonchev–Trinajstić information content (AvgIpc) is 2.77. The highest BCUT2D eigenvalue weighted by molar-refractivity contribution is 5.49. The second kappa shape index (κ2) is 9.50. The Kier molecular flexibility index (Phi) is 6.56. The summed E-state index contributed by atoms with van der Waals surface area (Å²) in [7, 11) is 0. The van der Waals surface area contributed by atoms with Gasteiger partial charge in [-0.15, -0.1) is 0 Å². The highest BCUT2D eigenvalue weighted by Gasteiger charge is 2.22. The first-order valence-electron chi connectivity index (χ1n) is 10.6. The van der Waals surface area contributed by atoms with Gasteiger partial charge in [0.1, 0.15) is 23.8 Å². The molecule has 6 nitrogen and oxygen atoms in total. The number of piperidine rings is 2. The Morgan fingerprint density at radius 3 is 2.72 bits per heavy atom. The standard InChI is InChI=1S/C22H30FN5O/c23-20-6-2-1-5-18(20)14-27-10-7-19(8-11-27)26-21-12-22(25-16-24-21)28-9-3-4-17(13-28)15-29/h1-2,5-6,12,16-17,19,29H,3-4,7-11,13-15H2,(H,24,25,26). The number of benzene rings is 1. The first-order chi connectivity index (χ1) is 14.2. The molecule has 2 fully saturated rings. The van der Waals surface area contributed by atoms with Gasteiger partial charge in [0.15, 0.2) is 0 Å². The minimum Gasteiger partial charge on any atom is -0.396 e. The number of halogens is 1. The molecule has 2 N–H and O–H groups in total. The number of likely N-dealkylation sites (tertiary alicyclic amines) is 1. The Hall–Kier alpha value is -2.25.